The van der Waals surface area contributed by atoms with Gasteiger partial charge >= 0.3 is 7.52 Å². The molecule has 0 spiro atoms. The average molecular weight is 308 g/mol. The van der Waals surface area contributed by atoms with Gasteiger partial charge in [0.15, 0.2) is 0 Å². The van der Waals surface area contributed by atoms with E-state index in [-0.39, 0.29) is 12.0 Å². The summed E-state index contributed by atoms with van der Waals surface area (Å²) in [5.41, 5.74) is 3.90. The van der Waals surface area contributed by atoms with Gasteiger partial charge in [-0.1, -0.05) is 12.1 Å². The summed E-state index contributed by atoms with van der Waals surface area (Å²) in [5.74, 6) is -0.0471. The molecule has 0 aliphatic heterocycles. The molecule has 0 aromatic heterocycles. The molecule has 5 nitrogen and oxygen atoms in total. The summed E-state index contributed by atoms with van der Waals surface area (Å²) in [4.78, 5) is 10.8. The van der Waals surface area contributed by atoms with Crippen molar-refractivity contribution >= 4 is 19.1 Å². The molecular weight excluding hydrogens is 287 g/mol. The second-order valence-corrected chi connectivity index (χ2v) is 6.67. The molecule has 21 heavy (non-hydrogen) atoms. The van der Waals surface area contributed by atoms with Crippen molar-refractivity contribution in [3.8, 4) is 12.1 Å². The van der Waals surface area contributed by atoms with Crippen LogP contribution in [0.4, 0.5) is 5.69 Å². The zero-order valence-corrected chi connectivity index (χ0v) is 13.4. The topological polar surface area (TPSA) is 67.4 Å². The van der Waals surface area contributed by atoms with Crippen molar-refractivity contribution in [3.05, 3.63) is 29.8 Å². The number of hydrogen-bond donors (Lipinski definition) is 2. The molecule has 0 bridgehead atoms. The second-order valence-electron chi connectivity index (χ2n) is 4.88. The number of anilines is 1. The zero-order valence-electron chi connectivity index (χ0n) is 12.6. The van der Waals surface area contributed by atoms with Crippen LogP contribution in [0, 0.1) is 12.1 Å². The number of terminal acetylenes is 1. The van der Waals surface area contributed by atoms with Crippen LogP contribution in [0.5, 0.6) is 0 Å². The SMILES string of the molecule is C#CP(=O)(Nc1ccc(CCNC(C)=O)cc1)OC(C)C. The van der Waals surface area contributed by atoms with E-state index < -0.39 is 7.52 Å². The standard InChI is InChI=1S/C15H21N2O3P/c1-5-21(19,20-12(2)3)17-15-8-6-14(7-9-15)10-11-16-13(4)18/h1,6-9,12H,10-11H2,2-4H3,(H,16,18)(H,17,19). The van der Waals surface area contributed by atoms with E-state index in [1.54, 1.807) is 26.0 Å². The van der Waals surface area contributed by atoms with Crippen molar-refractivity contribution in [1.82, 2.24) is 5.32 Å². The Bertz CT molecular complexity index is 561. The van der Waals surface area contributed by atoms with Crippen molar-refractivity contribution in [1.29, 1.82) is 0 Å². The molecule has 1 amide bonds. The molecule has 2 N–H and O–H groups in total. The highest BCUT2D eigenvalue weighted by molar-refractivity contribution is 7.65. The molecule has 1 aromatic rings. The third kappa shape index (κ3) is 6.48. The number of benzene rings is 1. The van der Waals surface area contributed by atoms with Crippen LogP contribution in [0.2, 0.25) is 0 Å². The molecule has 0 fully saturated rings. The van der Waals surface area contributed by atoms with E-state index in [2.05, 4.69) is 16.1 Å². The minimum absolute atomic E-state index is 0.0471. The summed E-state index contributed by atoms with van der Waals surface area (Å²) < 4.78 is 17.5. The Kier molecular flexibility index (Phi) is 6.48. The first-order valence-corrected chi connectivity index (χ1v) is 8.35. The molecule has 0 radical (unpaired) electrons. The van der Waals surface area contributed by atoms with Crippen molar-refractivity contribution in [2.45, 2.75) is 33.3 Å². The fourth-order valence-corrected chi connectivity index (χ4v) is 2.95. The van der Waals surface area contributed by atoms with Gasteiger partial charge in [0.05, 0.1) is 6.10 Å². The Labute approximate surface area is 126 Å². The monoisotopic (exact) mass is 308 g/mol. The van der Waals surface area contributed by atoms with Crippen LogP contribution in [-0.4, -0.2) is 18.6 Å². The Morgan fingerprint density at radius 3 is 2.48 bits per heavy atom. The molecular formula is C15H21N2O3P. The van der Waals surface area contributed by atoms with Gasteiger partial charge in [-0.2, -0.15) is 0 Å². The summed E-state index contributed by atoms with van der Waals surface area (Å²) >= 11 is 0. The highest BCUT2D eigenvalue weighted by atomic mass is 31.2. The van der Waals surface area contributed by atoms with Gasteiger partial charge in [0.1, 0.15) is 0 Å². The summed E-state index contributed by atoms with van der Waals surface area (Å²) in [5, 5.41) is 5.50. The molecule has 0 saturated heterocycles. The number of carbonyl (C=O) groups is 1. The average Bonchev–Trinajstić information content (AvgIpc) is 2.39. The van der Waals surface area contributed by atoms with Gasteiger partial charge < -0.3 is 14.9 Å². The van der Waals surface area contributed by atoms with Crippen LogP contribution >= 0.6 is 7.52 Å². The third-order valence-corrected chi connectivity index (χ3v) is 4.16. The van der Waals surface area contributed by atoms with Crippen molar-refractivity contribution < 1.29 is 13.9 Å². The van der Waals surface area contributed by atoms with Gasteiger partial charge in [-0.15, -0.1) is 6.42 Å². The van der Waals surface area contributed by atoms with E-state index in [1.807, 2.05) is 12.1 Å². The quantitative estimate of drug-likeness (QED) is 0.600. The molecule has 1 rings (SSSR count). The van der Waals surface area contributed by atoms with Crippen LogP contribution in [0.15, 0.2) is 24.3 Å². The van der Waals surface area contributed by atoms with Gasteiger partial charge in [-0.3, -0.25) is 9.36 Å². The van der Waals surface area contributed by atoms with Crippen LogP contribution in [0.25, 0.3) is 0 Å². The van der Waals surface area contributed by atoms with E-state index in [0.29, 0.717) is 12.2 Å². The number of rotatable bonds is 7. The fourth-order valence-electron chi connectivity index (χ4n) is 1.68. The maximum Gasteiger partial charge on any atom is 0.367 e. The van der Waals surface area contributed by atoms with E-state index in [0.717, 1.165) is 12.0 Å². The van der Waals surface area contributed by atoms with Gasteiger partial charge in [0, 0.05) is 24.8 Å². The number of nitrogens with one attached hydrogen (secondary N) is 2. The number of hydrogen-bond acceptors (Lipinski definition) is 3. The first kappa shape index (κ1) is 17.3. The molecule has 0 aliphatic rings. The van der Waals surface area contributed by atoms with Crippen LogP contribution in [-0.2, 0) is 20.3 Å². The summed E-state index contributed by atoms with van der Waals surface area (Å²) in [7, 11) is -3.31. The lowest BCUT2D eigenvalue weighted by Crippen LogP contribution is -2.22. The molecule has 1 aromatic carbocycles. The molecule has 0 saturated carbocycles. The lowest BCUT2D eigenvalue weighted by molar-refractivity contribution is -0.118. The second kappa shape index (κ2) is 7.87. The van der Waals surface area contributed by atoms with Crippen molar-refractivity contribution in [2.75, 3.05) is 11.6 Å². The van der Waals surface area contributed by atoms with Crippen LogP contribution in [0.3, 0.4) is 0 Å². The van der Waals surface area contributed by atoms with E-state index in [9.17, 15) is 9.36 Å². The summed E-state index contributed by atoms with van der Waals surface area (Å²) in [6.07, 6.45) is 5.79. The number of carbonyl (C=O) groups excluding carboxylic acids is 1. The fraction of sp³-hybridized carbons (Fsp3) is 0.400. The van der Waals surface area contributed by atoms with Crippen molar-refractivity contribution in [2.24, 2.45) is 0 Å². The van der Waals surface area contributed by atoms with Gasteiger partial charge in [0.2, 0.25) is 5.91 Å². The summed E-state index contributed by atoms with van der Waals surface area (Å²) in [6.45, 7) is 5.62. The Hall–Kier alpha value is -1.76. The van der Waals surface area contributed by atoms with Gasteiger partial charge in [0.25, 0.3) is 0 Å². The van der Waals surface area contributed by atoms with E-state index >= 15 is 0 Å². The predicted molar refractivity (Wildman–Crippen MR) is 85.1 cm³/mol. The Balaban J connectivity index is 2.63. The molecule has 1 unspecified atom stereocenters. The minimum atomic E-state index is -3.31. The highest BCUT2D eigenvalue weighted by Gasteiger charge is 2.21. The molecule has 0 heterocycles. The molecule has 114 valence electrons. The number of amides is 1. The first-order valence-electron chi connectivity index (χ1n) is 6.72. The van der Waals surface area contributed by atoms with E-state index in [4.69, 9.17) is 10.9 Å². The highest BCUT2D eigenvalue weighted by Crippen LogP contribution is 2.46. The normalized spacial score (nSPS) is 13.3. The van der Waals surface area contributed by atoms with Crippen LogP contribution < -0.4 is 10.4 Å². The first-order chi connectivity index (χ1) is 9.84. The zero-order chi connectivity index (χ0) is 15.9. The smallest absolute Gasteiger partial charge is 0.356 e. The molecule has 6 heteroatoms. The Morgan fingerprint density at radius 1 is 1.38 bits per heavy atom. The third-order valence-electron chi connectivity index (χ3n) is 2.55. The molecule has 0 aliphatic carbocycles. The van der Waals surface area contributed by atoms with Crippen LogP contribution in [0.1, 0.15) is 26.3 Å². The molecule has 1 atom stereocenters. The maximum atomic E-state index is 12.3. The maximum absolute atomic E-state index is 12.3. The lowest BCUT2D eigenvalue weighted by atomic mass is 10.1. The minimum Gasteiger partial charge on any atom is -0.356 e. The largest absolute Gasteiger partial charge is 0.367 e. The lowest BCUT2D eigenvalue weighted by Gasteiger charge is -2.17. The van der Waals surface area contributed by atoms with Gasteiger partial charge in [-0.05, 0) is 38.0 Å². The van der Waals surface area contributed by atoms with Gasteiger partial charge in [-0.25, -0.2) is 0 Å². The summed E-state index contributed by atoms with van der Waals surface area (Å²) in [6, 6.07) is 7.36. The Morgan fingerprint density at radius 2 is 2.00 bits per heavy atom. The predicted octanol–water partition coefficient (Wildman–Crippen LogP) is 2.99. The van der Waals surface area contributed by atoms with Crippen molar-refractivity contribution in [3.63, 3.8) is 0 Å². The van der Waals surface area contributed by atoms with E-state index in [1.165, 1.54) is 6.92 Å².